The van der Waals surface area contributed by atoms with E-state index < -0.39 is 11.6 Å². The van der Waals surface area contributed by atoms with E-state index in [0.717, 1.165) is 0 Å². The average molecular weight is 271 g/mol. The van der Waals surface area contributed by atoms with Crippen LogP contribution in [0.1, 0.15) is 27.7 Å². The molecule has 0 aromatic carbocycles. The molecule has 1 heterocycles. The Hall–Kier alpha value is -1.92. The molecule has 0 aromatic rings. The van der Waals surface area contributed by atoms with Gasteiger partial charge in [0, 0.05) is 18.8 Å². The fraction of sp³-hybridized carbons (Fsp3) is 0.667. The Labute approximate surface area is 112 Å². The highest BCUT2D eigenvalue weighted by Gasteiger charge is 2.33. The Kier molecular flexibility index (Phi) is 4.28. The quantitative estimate of drug-likeness (QED) is 0.644. The zero-order chi connectivity index (χ0) is 14.8. The SMILES string of the molecule is C/C(NC1CN(C(=O)OC(C)(C)C)C1)=C(/N)C(=O)O. The van der Waals surface area contributed by atoms with Gasteiger partial charge in [0.1, 0.15) is 11.3 Å². The van der Waals surface area contributed by atoms with Crippen LogP contribution in [0.3, 0.4) is 0 Å². The third-order valence-electron chi connectivity index (χ3n) is 2.59. The smallest absolute Gasteiger partial charge is 0.410 e. The van der Waals surface area contributed by atoms with Crippen LogP contribution in [0.15, 0.2) is 11.4 Å². The van der Waals surface area contributed by atoms with Gasteiger partial charge >= 0.3 is 12.1 Å². The van der Waals surface area contributed by atoms with Gasteiger partial charge in [-0.1, -0.05) is 0 Å². The summed E-state index contributed by atoms with van der Waals surface area (Å²) in [7, 11) is 0. The van der Waals surface area contributed by atoms with Crippen molar-refractivity contribution in [2.24, 2.45) is 5.73 Å². The van der Waals surface area contributed by atoms with E-state index in [9.17, 15) is 9.59 Å². The van der Waals surface area contributed by atoms with Crippen LogP contribution in [-0.4, -0.2) is 46.8 Å². The van der Waals surface area contributed by atoms with Crippen LogP contribution < -0.4 is 11.1 Å². The van der Waals surface area contributed by atoms with Gasteiger partial charge in [-0.25, -0.2) is 9.59 Å². The average Bonchev–Trinajstić information content (AvgIpc) is 2.18. The van der Waals surface area contributed by atoms with Gasteiger partial charge in [-0.15, -0.1) is 0 Å². The summed E-state index contributed by atoms with van der Waals surface area (Å²) in [5.41, 5.74) is 5.05. The maximum absolute atomic E-state index is 11.7. The zero-order valence-electron chi connectivity index (χ0n) is 11.7. The summed E-state index contributed by atoms with van der Waals surface area (Å²) in [6.45, 7) is 7.96. The second kappa shape index (κ2) is 5.38. The zero-order valence-corrected chi connectivity index (χ0v) is 11.7. The predicted molar refractivity (Wildman–Crippen MR) is 69.3 cm³/mol. The summed E-state index contributed by atoms with van der Waals surface area (Å²) in [4.78, 5) is 23.9. The second-order valence-corrected chi connectivity index (χ2v) is 5.57. The van der Waals surface area contributed by atoms with E-state index in [1.54, 1.807) is 32.6 Å². The molecule has 1 amide bonds. The second-order valence-electron chi connectivity index (χ2n) is 5.57. The van der Waals surface area contributed by atoms with Crippen LogP contribution in [0.5, 0.6) is 0 Å². The van der Waals surface area contributed by atoms with Gasteiger partial charge < -0.3 is 25.8 Å². The number of carboxylic acids is 1. The van der Waals surface area contributed by atoms with Crippen molar-refractivity contribution in [3.8, 4) is 0 Å². The first kappa shape index (κ1) is 15.1. The Balaban J connectivity index is 2.41. The van der Waals surface area contributed by atoms with Crippen LogP contribution in [0, 0.1) is 0 Å². The molecule has 4 N–H and O–H groups in total. The first-order valence-corrected chi connectivity index (χ1v) is 6.04. The standard InChI is InChI=1S/C12H21N3O4/c1-7(9(13)10(16)17)14-8-5-15(6-8)11(18)19-12(2,3)4/h8,14H,5-6,13H2,1-4H3,(H,16,17)/b9-7-. The molecule has 1 saturated heterocycles. The van der Waals surface area contributed by atoms with Crippen molar-refractivity contribution in [3.05, 3.63) is 11.4 Å². The summed E-state index contributed by atoms with van der Waals surface area (Å²) >= 11 is 0. The minimum absolute atomic E-state index is 0.00502. The maximum atomic E-state index is 11.7. The van der Waals surface area contributed by atoms with E-state index in [4.69, 9.17) is 15.6 Å². The molecule has 108 valence electrons. The number of rotatable bonds is 3. The van der Waals surface area contributed by atoms with E-state index in [2.05, 4.69) is 5.32 Å². The van der Waals surface area contributed by atoms with Gasteiger partial charge in [0.15, 0.2) is 0 Å². The molecular weight excluding hydrogens is 250 g/mol. The number of nitrogens with one attached hydrogen (secondary N) is 1. The number of allylic oxidation sites excluding steroid dienone is 1. The van der Waals surface area contributed by atoms with Crippen molar-refractivity contribution < 1.29 is 19.4 Å². The van der Waals surface area contributed by atoms with E-state index in [-0.39, 0.29) is 17.8 Å². The highest BCUT2D eigenvalue weighted by molar-refractivity contribution is 5.86. The molecule has 0 atom stereocenters. The number of carboxylic acid groups (broad SMARTS) is 1. The van der Waals surface area contributed by atoms with Crippen molar-refractivity contribution in [3.63, 3.8) is 0 Å². The third-order valence-corrected chi connectivity index (χ3v) is 2.59. The topological polar surface area (TPSA) is 105 Å². The van der Waals surface area contributed by atoms with Gasteiger partial charge in [-0.3, -0.25) is 0 Å². The molecule has 0 bridgehead atoms. The molecular formula is C12H21N3O4. The largest absolute Gasteiger partial charge is 0.477 e. The number of amides is 1. The predicted octanol–water partition coefficient (Wildman–Crippen LogP) is 0.470. The Morgan fingerprint density at radius 3 is 2.32 bits per heavy atom. The van der Waals surface area contributed by atoms with Crippen molar-refractivity contribution in [2.75, 3.05) is 13.1 Å². The molecule has 1 aliphatic heterocycles. The molecule has 7 nitrogen and oxygen atoms in total. The van der Waals surface area contributed by atoms with Crippen LogP contribution >= 0.6 is 0 Å². The molecule has 0 aromatic heterocycles. The molecule has 0 radical (unpaired) electrons. The highest BCUT2D eigenvalue weighted by atomic mass is 16.6. The Morgan fingerprint density at radius 1 is 1.37 bits per heavy atom. The molecule has 0 unspecified atom stereocenters. The van der Waals surface area contributed by atoms with Crippen molar-refractivity contribution in [2.45, 2.75) is 39.3 Å². The summed E-state index contributed by atoms with van der Waals surface area (Å²) in [5.74, 6) is -1.16. The molecule has 1 rings (SSSR count). The Morgan fingerprint density at radius 2 is 1.89 bits per heavy atom. The number of carbonyl (C=O) groups is 2. The van der Waals surface area contributed by atoms with Gasteiger partial charge in [-0.2, -0.15) is 0 Å². The fourth-order valence-electron chi connectivity index (χ4n) is 1.59. The summed E-state index contributed by atoms with van der Waals surface area (Å²) in [6.07, 6.45) is -0.363. The number of carbonyl (C=O) groups excluding carboxylic acids is 1. The lowest BCUT2D eigenvalue weighted by molar-refractivity contribution is -0.132. The van der Waals surface area contributed by atoms with E-state index >= 15 is 0 Å². The van der Waals surface area contributed by atoms with Gasteiger partial charge in [0.05, 0.1) is 6.04 Å². The van der Waals surface area contributed by atoms with Gasteiger partial charge in [0.2, 0.25) is 0 Å². The van der Waals surface area contributed by atoms with E-state index in [1.165, 1.54) is 0 Å². The minimum atomic E-state index is -1.16. The van der Waals surface area contributed by atoms with E-state index in [1.807, 2.05) is 0 Å². The number of aliphatic carboxylic acids is 1. The molecule has 0 spiro atoms. The first-order chi connectivity index (χ1) is 8.60. The lowest BCUT2D eigenvalue weighted by Gasteiger charge is -2.40. The van der Waals surface area contributed by atoms with Crippen LogP contribution in [0.4, 0.5) is 4.79 Å². The monoisotopic (exact) mass is 271 g/mol. The first-order valence-electron chi connectivity index (χ1n) is 6.04. The van der Waals surface area contributed by atoms with E-state index in [0.29, 0.717) is 18.8 Å². The van der Waals surface area contributed by atoms with Crippen molar-refractivity contribution in [1.82, 2.24) is 10.2 Å². The lowest BCUT2D eigenvalue weighted by atomic mass is 10.1. The molecule has 0 saturated carbocycles. The van der Waals surface area contributed by atoms with Crippen LogP contribution in [0.25, 0.3) is 0 Å². The fourth-order valence-corrected chi connectivity index (χ4v) is 1.59. The number of nitrogens with zero attached hydrogens (tertiary/aromatic N) is 1. The molecule has 1 aliphatic rings. The normalized spacial score (nSPS) is 17.4. The van der Waals surface area contributed by atoms with Crippen LogP contribution in [0.2, 0.25) is 0 Å². The summed E-state index contributed by atoms with van der Waals surface area (Å²) in [5, 5.41) is 11.7. The summed E-state index contributed by atoms with van der Waals surface area (Å²) in [6, 6.07) is 0.00502. The lowest BCUT2D eigenvalue weighted by Crippen LogP contribution is -2.60. The number of ether oxygens (including phenoxy) is 1. The molecule has 0 aliphatic carbocycles. The molecule has 19 heavy (non-hydrogen) atoms. The Bertz CT molecular complexity index is 406. The minimum Gasteiger partial charge on any atom is -0.477 e. The van der Waals surface area contributed by atoms with Crippen molar-refractivity contribution >= 4 is 12.1 Å². The number of nitrogens with two attached hydrogens (primary N) is 1. The highest BCUT2D eigenvalue weighted by Crippen LogP contribution is 2.16. The number of hydrogen-bond donors (Lipinski definition) is 3. The third kappa shape index (κ3) is 4.35. The van der Waals surface area contributed by atoms with Gasteiger partial charge in [0.25, 0.3) is 0 Å². The molecule has 7 heteroatoms. The molecule has 1 fully saturated rings. The maximum Gasteiger partial charge on any atom is 0.410 e. The summed E-state index contributed by atoms with van der Waals surface area (Å²) < 4.78 is 5.21. The number of hydrogen-bond acceptors (Lipinski definition) is 5. The van der Waals surface area contributed by atoms with Gasteiger partial charge in [-0.05, 0) is 27.7 Å². The van der Waals surface area contributed by atoms with Crippen molar-refractivity contribution in [1.29, 1.82) is 0 Å². The van der Waals surface area contributed by atoms with Crippen LogP contribution in [-0.2, 0) is 9.53 Å². The number of likely N-dealkylation sites (tertiary alicyclic amines) is 1.